The predicted octanol–water partition coefficient (Wildman–Crippen LogP) is 4.06. The zero-order valence-corrected chi connectivity index (χ0v) is 16.1. The number of benzene rings is 1. The quantitative estimate of drug-likeness (QED) is 0.548. The second-order valence-electron chi connectivity index (χ2n) is 6.18. The molecule has 0 aliphatic heterocycles. The molecule has 7 nitrogen and oxygen atoms in total. The third-order valence-corrected chi connectivity index (χ3v) is 4.46. The Labute approximate surface area is 166 Å². The molecule has 0 radical (unpaired) electrons. The van der Waals surface area contributed by atoms with Gasteiger partial charge in [0, 0.05) is 17.1 Å². The lowest BCUT2D eigenvalue weighted by Gasteiger charge is -2.12. The highest BCUT2D eigenvalue weighted by Gasteiger charge is 2.13. The Morgan fingerprint density at radius 2 is 1.93 bits per heavy atom. The van der Waals surface area contributed by atoms with E-state index in [4.69, 9.17) is 16.3 Å². The summed E-state index contributed by atoms with van der Waals surface area (Å²) in [7, 11) is 1.62. The number of rotatable bonds is 5. The molecule has 0 aliphatic carbocycles. The van der Waals surface area contributed by atoms with Gasteiger partial charge in [0.05, 0.1) is 35.8 Å². The summed E-state index contributed by atoms with van der Waals surface area (Å²) in [5, 5.41) is 13.0. The van der Waals surface area contributed by atoms with Crippen molar-refractivity contribution in [2.24, 2.45) is 0 Å². The van der Waals surface area contributed by atoms with Crippen LogP contribution in [0.15, 0.2) is 48.9 Å². The third kappa shape index (κ3) is 3.70. The number of nitrogens with one attached hydrogen (secondary N) is 1. The summed E-state index contributed by atoms with van der Waals surface area (Å²) >= 11 is 5.96. The van der Waals surface area contributed by atoms with Gasteiger partial charge in [-0.15, -0.1) is 0 Å². The highest BCUT2D eigenvalue weighted by Crippen LogP contribution is 2.33. The lowest BCUT2D eigenvalue weighted by molar-refractivity contribution is 0.419. The molecule has 0 saturated carbocycles. The van der Waals surface area contributed by atoms with Crippen molar-refractivity contribution in [1.29, 1.82) is 0 Å². The lowest BCUT2D eigenvalue weighted by atomic mass is 10.1. The molecule has 0 atom stereocenters. The number of aryl methyl sites for hydroxylation is 1. The number of aromatic nitrogens is 5. The van der Waals surface area contributed by atoms with Crippen LogP contribution < -0.4 is 10.1 Å². The molecular weight excluding hydrogens is 376 g/mol. The first-order valence-electron chi connectivity index (χ1n) is 8.62. The maximum Gasteiger partial charge on any atom is 0.145 e. The third-order valence-electron chi connectivity index (χ3n) is 4.24. The highest BCUT2D eigenvalue weighted by molar-refractivity contribution is 6.30. The van der Waals surface area contributed by atoms with E-state index in [0.29, 0.717) is 28.7 Å². The van der Waals surface area contributed by atoms with E-state index < -0.39 is 0 Å². The van der Waals surface area contributed by atoms with E-state index in [1.807, 2.05) is 37.3 Å². The second-order valence-corrected chi connectivity index (χ2v) is 6.61. The zero-order valence-electron chi connectivity index (χ0n) is 15.3. The molecule has 0 fully saturated rings. The van der Waals surface area contributed by atoms with Crippen LogP contribution in [0, 0.1) is 6.92 Å². The van der Waals surface area contributed by atoms with Crippen molar-refractivity contribution in [2.75, 3.05) is 12.4 Å². The molecule has 0 saturated heterocycles. The lowest BCUT2D eigenvalue weighted by Crippen LogP contribution is -2.05. The molecule has 1 N–H and O–H groups in total. The average molecular weight is 393 g/mol. The summed E-state index contributed by atoms with van der Waals surface area (Å²) in [4.78, 5) is 13.2. The average Bonchev–Trinajstić information content (AvgIpc) is 2.73. The molecule has 0 aliphatic rings. The predicted molar refractivity (Wildman–Crippen MR) is 108 cm³/mol. The molecule has 28 heavy (non-hydrogen) atoms. The van der Waals surface area contributed by atoms with Crippen molar-refractivity contribution in [3.05, 3.63) is 65.3 Å². The largest absolute Gasteiger partial charge is 0.494 e. The van der Waals surface area contributed by atoms with Crippen molar-refractivity contribution in [3.63, 3.8) is 0 Å². The summed E-state index contributed by atoms with van der Waals surface area (Å²) < 4.78 is 5.55. The Morgan fingerprint density at radius 3 is 2.64 bits per heavy atom. The Balaban J connectivity index is 1.75. The summed E-state index contributed by atoms with van der Waals surface area (Å²) in [6.07, 6.45) is 3.12. The number of hydrogen-bond acceptors (Lipinski definition) is 7. The van der Waals surface area contributed by atoms with E-state index in [9.17, 15) is 0 Å². The van der Waals surface area contributed by atoms with E-state index in [2.05, 4.69) is 30.5 Å². The second kappa shape index (κ2) is 7.74. The van der Waals surface area contributed by atoms with Crippen LogP contribution in [0.25, 0.3) is 22.2 Å². The van der Waals surface area contributed by atoms with Crippen LogP contribution in [0.3, 0.4) is 0 Å². The number of nitrogens with zero attached hydrogens (tertiary/aromatic N) is 5. The molecule has 0 spiro atoms. The minimum atomic E-state index is 0.491. The van der Waals surface area contributed by atoms with E-state index in [0.717, 1.165) is 28.0 Å². The van der Waals surface area contributed by atoms with E-state index in [1.54, 1.807) is 19.4 Å². The van der Waals surface area contributed by atoms with Gasteiger partial charge in [0.15, 0.2) is 0 Å². The molecule has 3 heterocycles. The van der Waals surface area contributed by atoms with Gasteiger partial charge in [-0.1, -0.05) is 11.6 Å². The standard InChI is InChI=1S/C20H17ClN6O/c1-12-3-5-15(27-26-12)10-23-20-16-7-13(17-6-4-14(21)9-22-17)8-18(28-2)19(16)24-11-25-20/h3-9,11H,10H2,1-2H3,(H,23,24,25). The smallest absolute Gasteiger partial charge is 0.145 e. The molecule has 140 valence electrons. The molecule has 4 aromatic rings. The number of halogens is 1. The Bertz CT molecular complexity index is 1120. The van der Waals surface area contributed by atoms with Gasteiger partial charge in [0.2, 0.25) is 0 Å². The first-order chi connectivity index (χ1) is 13.6. The number of pyridine rings is 1. The maximum atomic E-state index is 5.96. The Morgan fingerprint density at radius 1 is 1.04 bits per heavy atom. The topological polar surface area (TPSA) is 85.7 Å². The summed E-state index contributed by atoms with van der Waals surface area (Å²) in [6, 6.07) is 11.4. The van der Waals surface area contributed by atoms with Crippen molar-refractivity contribution in [1.82, 2.24) is 25.1 Å². The number of hydrogen-bond donors (Lipinski definition) is 1. The SMILES string of the molecule is COc1cc(-c2ccc(Cl)cn2)cc2c(NCc3ccc(C)nn3)ncnc12. The van der Waals surface area contributed by atoms with Crippen LogP contribution in [-0.4, -0.2) is 32.3 Å². The van der Waals surface area contributed by atoms with Gasteiger partial charge in [-0.3, -0.25) is 4.98 Å². The first-order valence-corrected chi connectivity index (χ1v) is 8.99. The summed E-state index contributed by atoms with van der Waals surface area (Å²) in [6.45, 7) is 2.39. The van der Waals surface area contributed by atoms with E-state index >= 15 is 0 Å². The molecule has 8 heteroatoms. The number of ether oxygens (including phenoxy) is 1. The van der Waals surface area contributed by atoms with Crippen molar-refractivity contribution < 1.29 is 4.74 Å². The number of anilines is 1. The van der Waals surface area contributed by atoms with Crippen molar-refractivity contribution >= 4 is 28.3 Å². The number of fused-ring (bicyclic) bond motifs is 1. The summed E-state index contributed by atoms with van der Waals surface area (Å²) in [5.74, 6) is 1.33. The monoisotopic (exact) mass is 392 g/mol. The number of methoxy groups -OCH3 is 1. The minimum Gasteiger partial charge on any atom is -0.494 e. The molecule has 0 bridgehead atoms. The molecule has 0 amide bonds. The first kappa shape index (κ1) is 18.1. The molecule has 4 rings (SSSR count). The highest BCUT2D eigenvalue weighted by atomic mass is 35.5. The maximum absolute atomic E-state index is 5.96. The van der Waals surface area contributed by atoms with Crippen LogP contribution in [0.4, 0.5) is 5.82 Å². The van der Waals surface area contributed by atoms with Gasteiger partial charge in [-0.25, -0.2) is 9.97 Å². The van der Waals surface area contributed by atoms with Crippen LogP contribution in [0.2, 0.25) is 5.02 Å². The van der Waals surface area contributed by atoms with Gasteiger partial charge in [-0.2, -0.15) is 10.2 Å². The Kier molecular flexibility index (Phi) is 4.99. The van der Waals surface area contributed by atoms with Crippen LogP contribution in [-0.2, 0) is 6.54 Å². The van der Waals surface area contributed by atoms with Crippen LogP contribution in [0.5, 0.6) is 5.75 Å². The van der Waals surface area contributed by atoms with Gasteiger partial charge >= 0.3 is 0 Å². The van der Waals surface area contributed by atoms with Crippen LogP contribution >= 0.6 is 11.6 Å². The minimum absolute atomic E-state index is 0.491. The molecule has 3 aromatic heterocycles. The molecular formula is C20H17ClN6O. The molecule has 0 unspecified atom stereocenters. The van der Waals surface area contributed by atoms with Crippen LogP contribution in [0.1, 0.15) is 11.4 Å². The fourth-order valence-electron chi connectivity index (χ4n) is 2.82. The van der Waals surface area contributed by atoms with Gasteiger partial charge in [0.25, 0.3) is 0 Å². The van der Waals surface area contributed by atoms with E-state index in [1.165, 1.54) is 6.33 Å². The van der Waals surface area contributed by atoms with Gasteiger partial charge in [0.1, 0.15) is 23.4 Å². The fraction of sp³-hybridized carbons (Fsp3) is 0.150. The van der Waals surface area contributed by atoms with Gasteiger partial charge in [-0.05, 0) is 43.3 Å². The summed E-state index contributed by atoms with van der Waals surface area (Å²) in [5.41, 5.74) is 4.08. The molecule has 1 aromatic carbocycles. The fourth-order valence-corrected chi connectivity index (χ4v) is 2.93. The Hall–Kier alpha value is -3.32. The van der Waals surface area contributed by atoms with Crippen molar-refractivity contribution in [2.45, 2.75) is 13.5 Å². The van der Waals surface area contributed by atoms with Crippen molar-refractivity contribution in [3.8, 4) is 17.0 Å². The normalized spacial score (nSPS) is 10.8. The van der Waals surface area contributed by atoms with E-state index in [-0.39, 0.29) is 0 Å². The van der Waals surface area contributed by atoms with Gasteiger partial charge < -0.3 is 10.1 Å². The zero-order chi connectivity index (χ0) is 19.5.